The van der Waals surface area contributed by atoms with Crippen molar-refractivity contribution in [2.75, 3.05) is 6.54 Å². The van der Waals surface area contributed by atoms with E-state index in [1.54, 1.807) is 6.20 Å². The van der Waals surface area contributed by atoms with Crippen molar-refractivity contribution >= 4 is 10.0 Å². The molecule has 0 radical (unpaired) electrons. The number of H-pyrrole nitrogens is 1. The summed E-state index contributed by atoms with van der Waals surface area (Å²) in [6.45, 7) is 9.58. The molecule has 0 amide bonds. The van der Waals surface area contributed by atoms with Crippen molar-refractivity contribution in [3.8, 4) is 0 Å². The number of nitrogens with one attached hydrogen (secondary N) is 3. The van der Waals surface area contributed by atoms with Crippen LogP contribution in [-0.4, -0.2) is 31.2 Å². The van der Waals surface area contributed by atoms with Gasteiger partial charge in [0.05, 0.1) is 6.20 Å². The fourth-order valence-electron chi connectivity index (χ4n) is 2.02. The Kier molecular flexibility index (Phi) is 7.34. The van der Waals surface area contributed by atoms with Crippen LogP contribution in [0.2, 0.25) is 0 Å². The molecule has 1 unspecified atom stereocenters. The highest BCUT2D eigenvalue weighted by atomic mass is 32.2. The van der Waals surface area contributed by atoms with E-state index < -0.39 is 10.0 Å². The van der Waals surface area contributed by atoms with Crippen molar-refractivity contribution in [1.29, 1.82) is 0 Å². The van der Waals surface area contributed by atoms with E-state index in [1.807, 2.05) is 6.92 Å². The van der Waals surface area contributed by atoms with E-state index >= 15 is 0 Å². The predicted octanol–water partition coefficient (Wildman–Crippen LogP) is 2.01. The molecule has 1 aromatic heterocycles. The van der Waals surface area contributed by atoms with Crippen molar-refractivity contribution in [2.24, 2.45) is 5.92 Å². The van der Waals surface area contributed by atoms with Crippen LogP contribution >= 0.6 is 0 Å². The number of sulfonamides is 1. The third-order valence-corrected chi connectivity index (χ3v) is 4.83. The van der Waals surface area contributed by atoms with E-state index in [9.17, 15) is 8.42 Å². The first kappa shape index (κ1) is 18.1. The number of nitrogens with zero attached hydrogens (tertiary/aromatic N) is 1. The minimum Gasteiger partial charge on any atom is -0.313 e. The Morgan fingerprint density at radius 3 is 2.62 bits per heavy atom. The van der Waals surface area contributed by atoms with E-state index in [-0.39, 0.29) is 11.1 Å². The van der Waals surface area contributed by atoms with Crippen LogP contribution < -0.4 is 10.0 Å². The van der Waals surface area contributed by atoms with Crippen LogP contribution in [-0.2, 0) is 16.6 Å². The SMILES string of the molecule is CCCNCc1cn[nH]c1S(=O)(=O)NC(C)CCC(C)C. The second-order valence-corrected chi connectivity index (χ2v) is 7.55. The van der Waals surface area contributed by atoms with Crippen LogP contribution in [0.4, 0.5) is 0 Å². The van der Waals surface area contributed by atoms with Crippen LogP contribution in [0.25, 0.3) is 0 Å². The molecule has 7 heteroatoms. The molecule has 1 aromatic rings. The van der Waals surface area contributed by atoms with E-state index in [1.165, 1.54) is 0 Å². The van der Waals surface area contributed by atoms with Crippen molar-refractivity contribution in [3.05, 3.63) is 11.8 Å². The van der Waals surface area contributed by atoms with Crippen molar-refractivity contribution in [3.63, 3.8) is 0 Å². The molecule has 6 nitrogen and oxygen atoms in total. The molecule has 0 aliphatic heterocycles. The molecule has 0 bridgehead atoms. The minimum absolute atomic E-state index is 0.0860. The molecule has 0 spiro atoms. The summed E-state index contributed by atoms with van der Waals surface area (Å²) in [5.74, 6) is 0.568. The fourth-order valence-corrected chi connectivity index (χ4v) is 3.43. The molecule has 122 valence electrons. The first-order chi connectivity index (χ1) is 9.86. The van der Waals surface area contributed by atoms with Crippen LogP contribution in [0.15, 0.2) is 11.2 Å². The molecule has 0 aromatic carbocycles. The summed E-state index contributed by atoms with van der Waals surface area (Å²) in [6, 6.07) is -0.0860. The molecule has 0 fully saturated rings. The molecule has 0 saturated carbocycles. The summed E-state index contributed by atoms with van der Waals surface area (Å²) in [5.41, 5.74) is 0.673. The smallest absolute Gasteiger partial charge is 0.258 e. The zero-order valence-corrected chi connectivity index (χ0v) is 14.3. The van der Waals surface area contributed by atoms with Gasteiger partial charge in [0, 0.05) is 18.2 Å². The molecule has 21 heavy (non-hydrogen) atoms. The number of aromatic amines is 1. The maximum absolute atomic E-state index is 12.4. The van der Waals surface area contributed by atoms with Crippen molar-refractivity contribution < 1.29 is 8.42 Å². The molecule has 0 saturated heterocycles. The van der Waals surface area contributed by atoms with Crippen LogP contribution in [0, 0.1) is 5.92 Å². The van der Waals surface area contributed by atoms with Gasteiger partial charge in [0.1, 0.15) is 0 Å². The van der Waals surface area contributed by atoms with Crippen LogP contribution in [0.1, 0.15) is 52.5 Å². The Hall–Kier alpha value is -0.920. The molecular weight excluding hydrogens is 288 g/mol. The highest BCUT2D eigenvalue weighted by Crippen LogP contribution is 2.14. The van der Waals surface area contributed by atoms with E-state index in [0.29, 0.717) is 18.0 Å². The summed E-state index contributed by atoms with van der Waals surface area (Å²) in [7, 11) is -3.54. The topological polar surface area (TPSA) is 86.9 Å². The van der Waals surface area contributed by atoms with Crippen molar-refractivity contribution in [1.82, 2.24) is 20.2 Å². The average Bonchev–Trinajstić information content (AvgIpc) is 2.85. The Balaban J connectivity index is 2.67. The second-order valence-electron chi connectivity index (χ2n) is 5.89. The van der Waals surface area contributed by atoms with Crippen LogP contribution in [0.5, 0.6) is 0 Å². The monoisotopic (exact) mass is 316 g/mol. The van der Waals surface area contributed by atoms with E-state index in [2.05, 4.69) is 41.0 Å². The molecule has 1 rings (SSSR count). The normalized spacial score (nSPS) is 13.8. The van der Waals surface area contributed by atoms with Gasteiger partial charge in [-0.15, -0.1) is 0 Å². The quantitative estimate of drug-likeness (QED) is 0.576. The third kappa shape index (κ3) is 6.15. The highest BCUT2D eigenvalue weighted by Gasteiger charge is 2.22. The Morgan fingerprint density at radius 2 is 2.00 bits per heavy atom. The minimum atomic E-state index is -3.54. The zero-order valence-electron chi connectivity index (χ0n) is 13.4. The fraction of sp³-hybridized carbons (Fsp3) is 0.786. The van der Waals surface area contributed by atoms with Gasteiger partial charge in [-0.1, -0.05) is 20.8 Å². The van der Waals surface area contributed by atoms with Gasteiger partial charge in [0.15, 0.2) is 5.03 Å². The Morgan fingerprint density at radius 1 is 1.29 bits per heavy atom. The summed E-state index contributed by atoms with van der Waals surface area (Å²) in [5, 5.41) is 9.83. The molecule has 0 aliphatic carbocycles. The lowest BCUT2D eigenvalue weighted by Crippen LogP contribution is -2.33. The summed E-state index contributed by atoms with van der Waals surface area (Å²) >= 11 is 0. The third-order valence-electron chi connectivity index (χ3n) is 3.22. The summed E-state index contributed by atoms with van der Waals surface area (Å²) in [6.07, 6.45) is 4.40. The second kappa shape index (κ2) is 8.51. The van der Waals surface area contributed by atoms with Gasteiger partial charge < -0.3 is 5.32 Å². The van der Waals surface area contributed by atoms with Gasteiger partial charge in [-0.25, -0.2) is 13.1 Å². The predicted molar refractivity (Wildman–Crippen MR) is 84.4 cm³/mol. The van der Waals surface area contributed by atoms with Gasteiger partial charge in [-0.3, -0.25) is 5.10 Å². The summed E-state index contributed by atoms with van der Waals surface area (Å²) in [4.78, 5) is 0. The molecule has 1 heterocycles. The molecule has 0 aliphatic rings. The number of rotatable bonds is 10. The standard InChI is InChI=1S/C14H28N4O2S/c1-5-8-15-9-13-10-16-17-14(13)21(19,20)18-12(4)7-6-11(2)3/h10-12,15,18H,5-9H2,1-4H3,(H,16,17). The maximum atomic E-state index is 12.4. The lowest BCUT2D eigenvalue weighted by Gasteiger charge is -2.15. The Bertz CT molecular complexity index is 511. The lowest BCUT2D eigenvalue weighted by molar-refractivity contribution is 0.484. The Labute approximate surface area is 128 Å². The highest BCUT2D eigenvalue weighted by molar-refractivity contribution is 7.89. The van der Waals surface area contributed by atoms with Crippen molar-refractivity contribution in [2.45, 2.75) is 64.6 Å². The molecular formula is C14H28N4O2S. The first-order valence-corrected chi connectivity index (χ1v) is 9.10. The maximum Gasteiger partial charge on any atom is 0.258 e. The first-order valence-electron chi connectivity index (χ1n) is 7.62. The van der Waals surface area contributed by atoms with E-state index in [0.717, 1.165) is 25.8 Å². The van der Waals surface area contributed by atoms with Gasteiger partial charge >= 0.3 is 0 Å². The van der Waals surface area contributed by atoms with Gasteiger partial charge in [-0.05, 0) is 38.6 Å². The van der Waals surface area contributed by atoms with Gasteiger partial charge in [0.25, 0.3) is 10.0 Å². The van der Waals surface area contributed by atoms with Gasteiger partial charge in [0.2, 0.25) is 0 Å². The average molecular weight is 316 g/mol. The lowest BCUT2D eigenvalue weighted by atomic mass is 10.1. The summed E-state index contributed by atoms with van der Waals surface area (Å²) < 4.78 is 27.5. The van der Waals surface area contributed by atoms with E-state index in [4.69, 9.17) is 0 Å². The number of aromatic nitrogens is 2. The molecule has 1 atom stereocenters. The molecule has 3 N–H and O–H groups in total. The van der Waals surface area contributed by atoms with Crippen LogP contribution in [0.3, 0.4) is 0 Å². The zero-order chi connectivity index (χ0) is 15.9. The van der Waals surface area contributed by atoms with Gasteiger partial charge in [-0.2, -0.15) is 5.10 Å². The number of hydrogen-bond donors (Lipinski definition) is 3. The number of hydrogen-bond acceptors (Lipinski definition) is 4. The largest absolute Gasteiger partial charge is 0.313 e.